The number of Topliss-reactive ketones (excluding diaryl/α,β-unsaturated/α-hetero) is 1. The summed E-state index contributed by atoms with van der Waals surface area (Å²) in [7, 11) is -3.71. The van der Waals surface area contributed by atoms with Gasteiger partial charge in [-0.25, -0.2) is 8.42 Å². The summed E-state index contributed by atoms with van der Waals surface area (Å²) in [6.45, 7) is 3.33. The first kappa shape index (κ1) is 16.1. The van der Waals surface area contributed by atoms with Gasteiger partial charge < -0.3 is 0 Å². The van der Waals surface area contributed by atoms with E-state index < -0.39 is 10.0 Å². The molecule has 2 aromatic rings. The van der Waals surface area contributed by atoms with Crippen molar-refractivity contribution in [2.45, 2.75) is 29.7 Å². The molecule has 0 saturated carbocycles. The Labute approximate surface area is 140 Å². The minimum atomic E-state index is -3.71. The van der Waals surface area contributed by atoms with Crippen LogP contribution in [-0.4, -0.2) is 26.0 Å². The average molecular weight is 347 g/mol. The SMILES string of the molecule is CC(=O)c1cccc(S(=O)(=O)N2c3ccccc3SCC2C)c1. The van der Waals surface area contributed by atoms with E-state index in [2.05, 4.69) is 0 Å². The fourth-order valence-corrected chi connectivity index (χ4v) is 5.56. The zero-order valence-electron chi connectivity index (χ0n) is 12.9. The highest BCUT2D eigenvalue weighted by molar-refractivity contribution is 8.00. The average Bonchev–Trinajstić information content (AvgIpc) is 2.54. The summed E-state index contributed by atoms with van der Waals surface area (Å²) in [6.07, 6.45) is 0. The molecule has 0 aliphatic carbocycles. The molecular weight excluding hydrogens is 330 g/mol. The Morgan fingerprint density at radius 1 is 1.17 bits per heavy atom. The minimum absolute atomic E-state index is 0.148. The van der Waals surface area contributed by atoms with E-state index in [0.29, 0.717) is 17.0 Å². The first-order chi connectivity index (χ1) is 10.9. The van der Waals surface area contributed by atoms with Gasteiger partial charge in [0.1, 0.15) is 0 Å². The van der Waals surface area contributed by atoms with Crippen LogP contribution in [0.15, 0.2) is 58.3 Å². The summed E-state index contributed by atoms with van der Waals surface area (Å²) in [5.74, 6) is 0.549. The second-order valence-electron chi connectivity index (χ2n) is 5.51. The number of fused-ring (bicyclic) bond motifs is 1. The van der Waals surface area contributed by atoms with Crippen LogP contribution in [0.4, 0.5) is 5.69 Å². The number of benzene rings is 2. The maximum Gasteiger partial charge on any atom is 0.264 e. The zero-order chi connectivity index (χ0) is 16.6. The van der Waals surface area contributed by atoms with Crippen molar-refractivity contribution >= 4 is 33.3 Å². The predicted octanol–water partition coefficient (Wildman–Crippen LogP) is 3.58. The molecule has 23 heavy (non-hydrogen) atoms. The first-order valence-corrected chi connectivity index (χ1v) is 9.71. The van der Waals surface area contributed by atoms with Crippen molar-refractivity contribution in [2.75, 3.05) is 10.1 Å². The van der Waals surface area contributed by atoms with Gasteiger partial charge in [-0.05, 0) is 38.1 Å². The maximum absolute atomic E-state index is 13.1. The second-order valence-corrected chi connectivity index (χ2v) is 8.39. The van der Waals surface area contributed by atoms with Gasteiger partial charge >= 0.3 is 0 Å². The first-order valence-electron chi connectivity index (χ1n) is 7.28. The Hall–Kier alpha value is -1.79. The van der Waals surface area contributed by atoms with Gasteiger partial charge in [0.05, 0.1) is 16.6 Å². The summed E-state index contributed by atoms with van der Waals surface area (Å²) in [4.78, 5) is 12.7. The van der Waals surface area contributed by atoms with Crippen molar-refractivity contribution in [3.63, 3.8) is 0 Å². The summed E-state index contributed by atoms with van der Waals surface area (Å²) >= 11 is 1.66. The van der Waals surface area contributed by atoms with E-state index in [1.165, 1.54) is 17.3 Å². The molecule has 0 N–H and O–H groups in total. The number of anilines is 1. The van der Waals surface area contributed by atoms with Crippen LogP contribution in [0.2, 0.25) is 0 Å². The van der Waals surface area contributed by atoms with Crippen molar-refractivity contribution in [3.05, 3.63) is 54.1 Å². The molecule has 0 radical (unpaired) electrons. The second kappa shape index (κ2) is 6.02. The number of carbonyl (C=O) groups is 1. The third-order valence-corrected chi connectivity index (χ3v) is 7.01. The topological polar surface area (TPSA) is 54.5 Å². The monoisotopic (exact) mass is 347 g/mol. The van der Waals surface area contributed by atoms with Crippen molar-refractivity contribution in [2.24, 2.45) is 0 Å². The molecule has 0 amide bonds. The van der Waals surface area contributed by atoms with Crippen LogP contribution in [-0.2, 0) is 10.0 Å². The third-order valence-electron chi connectivity index (χ3n) is 3.78. The van der Waals surface area contributed by atoms with Crippen molar-refractivity contribution in [1.29, 1.82) is 0 Å². The van der Waals surface area contributed by atoms with Gasteiger partial charge in [0.2, 0.25) is 0 Å². The Balaban J connectivity index is 2.13. The molecule has 2 aromatic carbocycles. The molecule has 1 unspecified atom stereocenters. The maximum atomic E-state index is 13.1. The molecule has 0 saturated heterocycles. The fraction of sp³-hybridized carbons (Fsp3) is 0.235. The van der Waals surface area contributed by atoms with Crippen molar-refractivity contribution in [1.82, 2.24) is 0 Å². The number of sulfonamides is 1. The van der Waals surface area contributed by atoms with E-state index in [1.807, 2.05) is 31.2 Å². The highest BCUT2D eigenvalue weighted by Crippen LogP contribution is 2.40. The number of rotatable bonds is 3. The van der Waals surface area contributed by atoms with E-state index in [4.69, 9.17) is 0 Å². The highest BCUT2D eigenvalue weighted by atomic mass is 32.2. The summed E-state index contributed by atoms with van der Waals surface area (Å²) < 4.78 is 27.8. The number of carbonyl (C=O) groups excluding carboxylic acids is 1. The van der Waals surface area contributed by atoms with E-state index in [9.17, 15) is 13.2 Å². The van der Waals surface area contributed by atoms with Crippen LogP contribution in [0.3, 0.4) is 0 Å². The third kappa shape index (κ3) is 2.88. The Kier molecular flexibility index (Phi) is 4.21. The Bertz CT molecular complexity index is 862. The Morgan fingerprint density at radius 2 is 1.91 bits per heavy atom. The smallest absolute Gasteiger partial charge is 0.264 e. The summed E-state index contributed by atoms with van der Waals surface area (Å²) in [6, 6.07) is 13.6. The lowest BCUT2D eigenvalue weighted by Gasteiger charge is -2.35. The Morgan fingerprint density at radius 3 is 2.65 bits per heavy atom. The molecule has 6 heteroatoms. The molecule has 0 aromatic heterocycles. The van der Waals surface area contributed by atoms with Crippen LogP contribution in [0, 0.1) is 0 Å². The van der Waals surface area contributed by atoms with Crippen LogP contribution in [0.5, 0.6) is 0 Å². The van der Waals surface area contributed by atoms with Gasteiger partial charge in [-0.1, -0.05) is 24.3 Å². The van der Waals surface area contributed by atoms with E-state index >= 15 is 0 Å². The predicted molar refractivity (Wildman–Crippen MR) is 92.7 cm³/mol. The fourth-order valence-electron chi connectivity index (χ4n) is 2.63. The normalized spacial score (nSPS) is 17.7. The molecule has 3 rings (SSSR count). The molecule has 4 nitrogen and oxygen atoms in total. The minimum Gasteiger partial charge on any atom is -0.295 e. The van der Waals surface area contributed by atoms with E-state index in [1.54, 1.807) is 30.0 Å². The largest absolute Gasteiger partial charge is 0.295 e. The van der Waals surface area contributed by atoms with E-state index in [-0.39, 0.29) is 16.7 Å². The van der Waals surface area contributed by atoms with Crippen LogP contribution >= 0.6 is 11.8 Å². The number of nitrogens with zero attached hydrogens (tertiary/aromatic N) is 1. The van der Waals surface area contributed by atoms with Crippen LogP contribution < -0.4 is 4.31 Å². The van der Waals surface area contributed by atoms with Crippen molar-refractivity contribution < 1.29 is 13.2 Å². The number of ketones is 1. The van der Waals surface area contributed by atoms with Gasteiger partial charge in [0.25, 0.3) is 10.0 Å². The molecule has 120 valence electrons. The molecule has 1 aliphatic heterocycles. The molecule has 0 spiro atoms. The molecule has 1 atom stereocenters. The van der Waals surface area contributed by atoms with Gasteiger partial charge in [0.15, 0.2) is 5.78 Å². The lowest BCUT2D eigenvalue weighted by Crippen LogP contribution is -2.42. The quantitative estimate of drug-likeness (QED) is 0.797. The van der Waals surface area contributed by atoms with Crippen molar-refractivity contribution in [3.8, 4) is 0 Å². The summed E-state index contributed by atoms with van der Waals surface area (Å²) in [5.41, 5.74) is 1.10. The lowest BCUT2D eigenvalue weighted by atomic mass is 10.2. The zero-order valence-corrected chi connectivity index (χ0v) is 14.5. The molecule has 1 heterocycles. The standard InChI is InChI=1S/C17H17NO3S2/c1-12-11-22-17-9-4-3-8-16(17)18(12)23(20,21)15-7-5-6-14(10-15)13(2)19/h3-10,12H,11H2,1-2H3. The van der Waals surface area contributed by atoms with Gasteiger partial charge in [-0.3, -0.25) is 9.10 Å². The molecular formula is C17H17NO3S2. The molecule has 1 aliphatic rings. The van der Waals surface area contributed by atoms with Crippen LogP contribution in [0.25, 0.3) is 0 Å². The number of para-hydroxylation sites is 1. The van der Waals surface area contributed by atoms with Gasteiger partial charge in [0, 0.05) is 16.2 Å². The molecule has 0 bridgehead atoms. The van der Waals surface area contributed by atoms with E-state index in [0.717, 1.165) is 4.90 Å². The number of hydrogen-bond acceptors (Lipinski definition) is 4. The van der Waals surface area contributed by atoms with Gasteiger partial charge in [-0.15, -0.1) is 11.8 Å². The highest BCUT2D eigenvalue weighted by Gasteiger charge is 2.34. The molecule has 0 fully saturated rings. The summed E-state index contributed by atoms with van der Waals surface area (Å²) in [5, 5.41) is 0. The number of hydrogen-bond donors (Lipinski definition) is 0. The van der Waals surface area contributed by atoms with Gasteiger partial charge in [-0.2, -0.15) is 0 Å². The lowest BCUT2D eigenvalue weighted by molar-refractivity contribution is 0.101. The number of thioether (sulfide) groups is 1. The van der Waals surface area contributed by atoms with Crippen LogP contribution in [0.1, 0.15) is 24.2 Å².